The van der Waals surface area contributed by atoms with Gasteiger partial charge in [0.25, 0.3) is 5.56 Å². The summed E-state index contributed by atoms with van der Waals surface area (Å²) >= 11 is 0. The smallest absolute Gasteiger partial charge is 0.410 e. The molecular weight excluding hydrogens is 658 g/mol. The lowest BCUT2D eigenvalue weighted by atomic mass is 10.0. The van der Waals surface area contributed by atoms with Crippen LogP contribution in [0.4, 0.5) is 10.6 Å². The number of amides is 2. The van der Waals surface area contributed by atoms with Crippen molar-refractivity contribution in [1.29, 1.82) is 0 Å². The summed E-state index contributed by atoms with van der Waals surface area (Å²) in [6.45, 7) is 8.90. The number of anilines is 1. The third-order valence-electron chi connectivity index (χ3n) is 8.49. The molecule has 0 aliphatic heterocycles. The summed E-state index contributed by atoms with van der Waals surface area (Å²) < 4.78 is 14.4. The van der Waals surface area contributed by atoms with Gasteiger partial charge in [0.05, 0.1) is 24.0 Å². The number of fused-ring (bicyclic) bond motifs is 2. The molecule has 1 aromatic carbocycles. The van der Waals surface area contributed by atoms with E-state index in [0.29, 0.717) is 28.4 Å². The highest BCUT2D eigenvalue weighted by Crippen LogP contribution is 2.36. The molecule has 2 amide bonds. The highest BCUT2D eigenvalue weighted by Gasteiger charge is 2.28. The molecule has 0 spiro atoms. The van der Waals surface area contributed by atoms with Gasteiger partial charge in [0.1, 0.15) is 28.8 Å². The largest absolute Gasteiger partial charge is 0.481 e. The fourth-order valence-corrected chi connectivity index (χ4v) is 5.58. The van der Waals surface area contributed by atoms with Gasteiger partial charge in [0.2, 0.25) is 11.8 Å². The molecular formula is C40H39N7O5. The quantitative estimate of drug-likeness (QED) is 0.203. The standard InChI is InChI=1S/C40H39N7O5/c1-24-18-20-47-33(21-24)44-36(28-17-19-41-34(23-28)51-8)37(47)29-12-15-32(43-38(49)25(2)45(6)39(50)52-40(3,4)5)42-30(29)13-9-26-10-14-31-27(22-26)11-16-35(48)46(31)7/h10-12,14-23,25H,1-8H3,(H,42,43,49). The summed E-state index contributed by atoms with van der Waals surface area (Å²) in [5.74, 6) is 6.72. The number of methoxy groups -OCH3 is 1. The number of benzene rings is 1. The molecule has 6 rings (SSSR count). The Bertz CT molecular complexity index is 2480. The van der Waals surface area contributed by atoms with Gasteiger partial charge in [-0.1, -0.05) is 5.92 Å². The average Bonchev–Trinajstić information content (AvgIpc) is 3.49. The first-order valence-electron chi connectivity index (χ1n) is 16.6. The molecule has 1 unspecified atom stereocenters. The van der Waals surface area contributed by atoms with E-state index in [1.807, 2.05) is 66.1 Å². The third kappa shape index (κ3) is 7.34. The summed E-state index contributed by atoms with van der Waals surface area (Å²) in [5, 5.41) is 3.70. The van der Waals surface area contributed by atoms with Crippen LogP contribution in [0.5, 0.6) is 5.88 Å². The summed E-state index contributed by atoms with van der Waals surface area (Å²) in [5.41, 5.74) is 5.62. The van der Waals surface area contributed by atoms with Crippen molar-refractivity contribution in [2.24, 2.45) is 7.05 Å². The van der Waals surface area contributed by atoms with E-state index in [9.17, 15) is 14.4 Å². The summed E-state index contributed by atoms with van der Waals surface area (Å²) in [6, 6.07) is 19.2. The second-order valence-electron chi connectivity index (χ2n) is 13.4. The molecule has 6 aromatic rings. The number of pyridine rings is 4. The Balaban J connectivity index is 1.48. The highest BCUT2D eigenvalue weighted by atomic mass is 16.6. The zero-order valence-electron chi connectivity index (χ0n) is 30.3. The van der Waals surface area contributed by atoms with E-state index >= 15 is 0 Å². The van der Waals surface area contributed by atoms with Crippen molar-refractivity contribution in [3.05, 3.63) is 106 Å². The fraction of sp³-hybridized carbons (Fsp3) is 0.250. The lowest BCUT2D eigenvalue weighted by Crippen LogP contribution is -2.45. The van der Waals surface area contributed by atoms with Gasteiger partial charge >= 0.3 is 6.09 Å². The topological polar surface area (TPSA) is 133 Å². The van der Waals surface area contributed by atoms with E-state index in [0.717, 1.165) is 33.4 Å². The lowest BCUT2D eigenvalue weighted by molar-refractivity contribution is -0.120. The number of aromatic nitrogens is 5. The Hall–Kier alpha value is -6.48. The van der Waals surface area contributed by atoms with Crippen molar-refractivity contribution >= 4 is 34.4 Å². The molecule has 0 saturated carbocycles. The SMILES string of the molecule is COc1cc(-c2nc3cc(C)ccn3c2-c2ccc(NC(=O)C(C)N(C)C(=O)OC(C)(C)C)nc2C#Cc2ccc3c(ccc(=O)n3C)c2)ccn1. The van der Waals surface area contributed by atoms with Gasteiger partial charge in [0.15, 0.2) is 0 Å². The number of likely N-dealkylation sites (N-methyl/N-ethyl adjacent to an activating group) is 1. The van der Waals surface area contributed by atoms with Crippen molar-refractivity contribution < 1.29 is 19.1 Å². The van der Waals surface area contributed by atoms with Gasteiger partial charge in [0, 0.05) is 55.3 Å². The first-order valence-corrected chi connectivity index (χ1v) is 16.6. The van der Waals surface area contributed by atoms with Crippen molar-refractivity contribution in [3.8, 4) is 40.2 Å². The maximum atomic E-state index is 13.4. The Morgan fingerprint density at radius 2 is 1.77 bits per heavy atom. The zero-order chi connectivity index (χ0) is 37.3. The maximum absolute atomic E-state index is 13.4. The zero-order valence-corrected chi connectivity index (χ0v) is 30.3. The van der Waals surface area contributed by atoms with E-state index in [2.05, 4.69) is 22.1 Å². The number of carbonyl (C=O) groups excluding carboxylic acids is 2. The van der Waals surface area contributed by atoms with Gasteiger partial charge in [-0.05, 0) is 106 Å². The number of rotatable bonds is 6. The number of ether oxygens (including phenoxy) is 2. The van der Waals surface area contributed by atoms with Gasteiger partial charge in [-0.2, -0.15) is 0 Å². The van der Waals surface area contributed by atoms with Crippen LogP contribution in [0.25, 0.3) is 39.1 Å². The average molecular weight is 698 g/mol. The number of nitrogens with zero attached hydrogens (tertiary/aromatic N) is 6. The van der Waals surface area contributed by atoms with Crippen molar-refractivity contribution in [2.75, 3.05) is 19.5 Å². The van der Waals surface area contributed by atoms with Crippen LogP contribution in [0.2, 0.25) is 0 Å². The van der Waals surface area contributed by atoms with Crippen molar-refractivity contribution in [2.45, 2.75) is 46.3 Å². The summed E-state index contributed by atoms with van der Waals surface area (Å²) in [4.78, 5) is 53.7. The van der Waals surface area contributed by atoms with Crippen LogP contribution in [0.15, 0.2) is 83.9 Å². The van der Waals surface area contributed by atoms with E-state index in [4.69, 9.17) is 19.4 Å². The third-order valence-corrected chi connectivity index (χ3v) is 8.49. The van der Waals surface area contributed by atoms with Gasteiger partial charge in [-0.15, -0.1) is 0 Å². The fourth-order valence-electron chi connectivity index (χ4n) is 5.58. The summed E-state index contributed by atoms with van der Waals surface area (Å²) in [6.07, 6.45) is 2.99. The summed E-state index contributed by atoms with van der Waals surface area (Å²) in [7, 11) is 4.80. The predicted molar refractivity (Wildman–Crippen MR) is 200 cm³/mol. The number of imidazole rings is 1. The molecule has 1 atom stereocenters. The van der Waals surface area contributed by atoms with Crippen LogP contribution >= 0.6 is 0 Å². The molecule has 0 bridgehead atoms. The van der Waals surface area contributed by atoms with Crippen LogP contribution < -0.4 is 15.6 Å². The van der Waals surface area contributed by atoms with E-state index in [1.165, 1.54) is 18.0 Å². The molecule has 12 nitrogen and oxygen atoms in total. The monoisotopic (exact) mass is 697 g/mol. The highest BCUT2D eigenvalue weighted by molar-refractivity contribution is 5.96. The molecule has 1 N–H and O–H groups in total. The van der Waals surface area contributed by atoms with E-state index < -0.39 is 23.6 Å². The van der Waals surface area contributed by atoms with Crippen LogP contribution in [-0.2, 0) is 16.6 Å². The number of hydrogen-bond acceptors (Lipinski definition) is 8. The predicted octanol–water partition coefficient (Wildman–Crippen LogP) is 6.22. The molecule has 12 heteroatoms. The molecule has 0 aliphatic rings. The number of carbonyl (C=O) groups is 2. The minimum absolute atomic E-state index is 0.100. The Morgan fingerprint density at radius 1 is 0.981 bits per heavy atom. The molecule has 5 heterocycles. The van der Waals surface area contributed by atoms with Gasteiger partial charge in [-0.3, -0.25) is 18.9 Å². The molecule has 0 aliphatic carbocycles. The number of nitrogens with one attached hydrogen (secondary N) is 1. The van der Waals surface area contributed by atoms with E-state index in [-0.39, 0.29) is 11.4 Å². The van der Waals surface area contributed by atoms with Crippen LogP contribution in [-0.4, -0.2) is 66.6 Å². The minimum Gasteiger partial charge on any atom is -0.481 e. The van der Waals surface area contributed by atoms with Crippen LogP contribution in [0.3, 0.4) is 0 Å². The first-order chi connectivity index (χ1) is 24.7. The molecule has 0 fully saturated rings. The van der Waals surface area contributed by atoms with Gasteiger partial charge in [-0.25, -0.2) is 19.7 Å². The lowest BCUT2D eigenvalue weighted by Gasteiger charge is -2.28. The molecule has 0 radical (unpaired) electrons. The maximum Gasteiger partial charge on any atom is 0.410 e. The molecule has 264 valence electrons. The Kier molecular flexibility index (Phi) is 9.54. The van der Waals surface area contributed by atoms with Crippen molar-refractivity contribution in [3.63, 3.8) is 0 Å². The second kappa shape index (κ2) is 14.0. The van der Waals surface area contributed by atoms with Crippen molar-refractivity contribution in [1.82, 2.24) is 28.8 Å². The molecule has 0 saturated heterocycles. The van der Waals surface area contributed by atoms with Crippen LogP contribution in [0, 0.1) is 18.8 Å². The minimum atomic E-state index is -0.866. The van der Waals surface area contributed by atoms with Gasteiger partial charge < -0.3 is 19.4 Å². The first kappa shape index (κ1) is 35.3. The molecule has 52 heavy (non-hydrogen) atoms. The normalized spacial score (nSPS) is 11.8. The second-order valence-corrected chi connectivity index (χ2v) is 13.4. The van der Waals surface area contributed by atoms with E-state index in [1.54, 1.807) is 64.7 Å². The van der Waals surface area contributed by atoms with Crippen LogP contribution in [0.1, 0.15) is 44.5 Å². The number of aryl methyl sites for hydroxylation is 2. The number of hydrogen-bond donors (Lipinski definition) is 1. The Labute approximate surface area is 301 Å². The molecule has 5 aromatic heterocycles. The Morgan fingerprint density at radius 3 is 2.52 bits per heavy atom.